The Labute approximate surface area is 120 Å². The minimum atomic E-state index is -0.773. The lowest BCUT2D eigenvalue weighted by Crippen LogP contribution is -2.08. The Morgan fingerprint density at radius 3 is 1.90 bits per heavy atom. The quantitative estimate of drug-likeness (QED) is 0.612. The third kappa shape index (κ3) is 2.16. The van der Waals surface area contributed by atoms with E-state index in [1.54, 1.807) is 0 Å². The van der Waals surface area contributed by atoms with E-state index in [0.717, 1.165) is 0 Å². The van der Waals surface area contributed by atoms with E-state index in [1.807, 2.05) is 0 Å². The summed E-state index contributed by atoms with van der Waals surface area (Å²) in [6.45, 7) is 0. The summed E-state index contributed by atoms with van der Waals surface area (Å²) in [6.07, 6.45) is 0.411. The van der Waals surface area contributed by atoms with Crippen LogP contribution in [-0.4, -0.2) is 34.7 Å². The van der Waals surface area contributed by atoms with Gasteiger partial charge in [0.2, 0.25) is 17.2 Å². The highest BCUT2D eigenvalue weighted by atomic mass is 16.5. The highest BCUT2D eigenvalue weighted by molar-refractivity contribution is 5.97. The summed E-state index contributed by atoms with van der Waals surface area (Å²) in [6, 6.07) is 1.36. The number of rotatable bonds is 5. The van der Waals surface area contributed by atoms with Crippen molar-refractivity contribution >= 4 is 17.3 Å². The molecule has 7 nitrogen and oxygen atoms in total. The maximum Gasteiger partial charge on any atom is 0.347 e. The smallest absolute Gasteiger partial charge is 0.347 e. The molecule has 0 saturated heterocycles. The molecule has 0 saturated carbocycles. The summed E-state index contributed by atoms with van der Waals surface area (Å²) in [7, 11) is 5.68. The van der Waals surface area contributed by atoms with Gasteiger partial charge >= 0.3 is 5.63 Å². The van der Waals surface area contributed by atoms with Crippen LogP contribution in [0.25, 0.3) is 11.0 Å². The lowest BCUT2D eigenvalue weighted by molar-refractivity contribution is 0.112. The average molecular weight is 294 g/mol. The van der Waals surface area contributed by atoms with Crippen LogP contribution in [0.3, 0.4) is 0 Å². The number of ether oxygens (including phenoxy) is 4. The summed E-state index contributed by atoms with van der Waals surface area (Å²) in [5.74, 6) is 0.957. The van der Waals surface area contributed by atoms with E-state index >= 15 is 0 Å². The molecular formula is C14H14O7. The molecule has 7 heteroatoms. The first kappa shape index (κ1) is 14.7. The minimum Gasteiger partial charge on any atom is -0.492 e. The second-order valence-corrected chi connectivity index (χ2v) is 3.98. The van der Waals surface area contributed by atoms with Crippen molar-refractivity contribution in [3.8, 4) is 23.0 Å². The van der Waals surface area contributed by atoms with Crippen molar-refractivity contribution in [3.63, 3.8) is 0 Å². The number of methoxy groups -OCH3 is 4. The molecule has 1 aromatic carbocycles. The number of carbonyl (C=O) groups is 1. The van der Waals surface area contributed by atoms with Crippen molar-refractivity contribution in [2.24, 2.45) is 0 Å². The standard InChI is InChI=1S/C14H14O7/c1-17-9-8-5-7(6-15)14(16)21-10(8)12(19-3)13(20-4)11(9)18-2/h5-6H,1-4H3. The number of carbonyl (C=O) groups excluding carboxylic acids is 1. The monoisotopic (exact) mass is 294 g/mol. The molecule has 0 atom stereocenters. The van der Waals surface area contributed by atoms with Gasteiger partial charge in [0.25, 0.3) is 0 Å². The largest absolute Gasteiger partial charge is 0.492 e. The summed E-state index contributed by atoms with van der Waals surface area (Å²) in [5, 5.41) is 0.369. The lowest BCUT2D eigenvalue weighted by atomic mass is 10.1. The molecule has 0 aliphatic heterocycles. The maximum absolute atomic E-state index is 11.7. The Bertz CT molecular complexity index is 745. The van der Waals surface area contributed by atoms with E-state index in [9.17, 15) is 9.59 Å². The van der Waals surface area contributed by atoms with Crippen molar-refractivity contribution in [3.05, 3.63) is 22.0 Å². The fourth-order valence-electron chi connectivity index (χ4n) is 2.10. The van der Waals surface area contributed by atoms with Crippen LogP contribution in [0.4, 0.5) is 0 Å². The predicted octanol–water partition coefficient (Wildman–Crippen LogP) is 1.64. The van der Waals surface area contributed by atoms with E-state index in [4.69, 9.17) is 23.4 Å². The molecule has 0 N–H and O–H groups in total. The number of aldehydes is 1. The Hall–Kier alpha value is -2.70. The molecule has 0 unspecified atom stereocenters. The summed E-state index contributed by atoms with van der Waals surface area (Å²) in [4.78, 5) is 22.6. The first-order valence-corrected chi connectivity index (χ1v) is 5.91. The van der Waals surface area contributed by atoms with E-state index in [2.05, 4.69) is 0 Å². The molecule has 0 spiro atoms. The fourth-order valence-corrected chi connectivity index (χ4v) is 2.10. The normalized spacial score (nSPS) is 10.3. The Morgan fingerprint density at radius 2 is 1.43 bits per heavy atom. The molecule has 0 aliphatic rings. The molecular weight excluding hydrogens is 280 g/mol. The Morgan fingerprint density at radius 1 is 0.905 bits per heavy atom. The third-order valence-electron chi connectivity index (χ3n) is 2.99. The molecule has 0 amide bonds. The molecule has 1 heterocycles. The van der Waals surface area contributed by atoms with Gasteiger partial charge in [0.15, 0.2) is 17.6 Å². The SMILES string of the molecule is COc1c(OC)c(OC)c2oc(=O)c(C=O)cc2c1OC. The van der Waals surface area contributed by atoms with E-state index in [1.165, 1.54) is 34.5 Å². The van der Waals surface area contributed by atoms with E-state index in [-0.39, 0.29) is 34.1 Å². The van der Waals surface area contributed by atoms with Gasteiger partial charge in [-0.2, -0.15) is 0 Å². The number of benzene rings is 1. The van der Waals surface area contributed by atoms with Crippen LogP contribution in [-0.2, 0) is 0 Å². The molecule has 21 heavy (non-hydrogen) atoms. The average Bonchev–Trinajstić information content (AvgIpc) is 2.51. The molecule has 1 aromatic heterocycles. The van der Waals surface area contributed by atoms with Crippen LogP contribution >= 0.6 is 0 Å². The summed E-state index contributed by atoms with van der Waals surface area (Å²) in [5.41, 5.74) is -0.789. The van der Waals surface area contributed by atoms with Crippen molar-refractivity contribution in [2.45, 2.75) is 0 Å². The van der Waals surface area contributed by atoms with Gasteiger partial charge in [-0.25, -0.2) is 4.79 Å². The van der Waals surface area contributed by atoms with Crippen LogP contribution < -0.4 is 24.6 Å². The van der Waals surface area contributed by atoms with Crippen LogP contribution in [0.15, 0.2) is 15.3 Å². The molecule has 2 rings (SSSR count). The van der Waals surface area contributed by atoms with Gasteiger partial charge in [-0.3, -0.25) is 4.79 Å². The second kappa shape index (κ2) is 5.74. The lowest BCUT2D eigenvalue weighted by Gasteiger charge is -2.17. The highest BCUT2D eigenvalue weighted by Gasteiger charge is 2.25. The van der Waals surface area contributed by atoms with Gasteiger partial charge in [0, 0.05) is 0 Å². The molecule has 0 radical (unpaired) electrons. The Kier molecular flexibility index (Phi) is 4.02. The van der Waals surface area contributed by atoms with Crippen LogP contribution in [0.1, 0.15) is 10.4 Å². The van der Waals surface area contributed by atoms with Gasteiger partial charge in [-0.1, -0.05) is 0 Å². The second-order valence-electron chi connectivity index (χ2n) is 3.98. The first-order valence-electron chi connectivity index (χ1n) is 5.91. The van der Waals surface area contributed by atoms with Gasteiger partial charge < -0.3 is 23.4 Å². The first-order chi connectivity index (χ1) is 10.1. The van der Waals surface area contributed by atoms with Crippen molar-refractivity contribution in [2.75, 3.05) is 28.4 Å². The van der Waals surface area contributed by atoms with E-state index < -0.39 is 5.63 Å². The van der Waals surface area contributed by atoms with Gasteiger partial charge in [-0.05, 0) is 6.07 Å². The van der Waals surface area contributed by atoms with E-state index in [0.29, 0.717) is 11.7 Å². The van der Waals surface area contributed by atoms with Crippen molar-refractivity contribution < 1.29 is 28.2 Å². The molecule has 2 aromatic rings. The zero-order valence-corrected chi connectivity index (χ0v) is 12.0. The van der Waals surface area contributed by atoms with Gasteiger partial charge in [0.1, 0.15) is 5.56 Å². The Balaban J connectivity index is 3.06. The van der Waals surface area contributed by atoms with Crippen LogP contribution in [0.5, 0.6) is 23.0 Å². The third-order valence-corrected chi connectivity index (χ3v) is 2.99. The zero-order valence-electron chi connectivity index (χ0n) is 12.0. The van der Waals surface area contributed by atoms with Crippen LogP contribution in [0.2, 0.25) is 0 Å². The topological polar surface area (TPSA) is 84.2 Å². The number of hydrogen-bond donors (Lipinski definition) is 0. The number of hydrogen-bond acceptors (Lipinski definition) is 7. The fraction of sp³-hybridized carbons (Fsp3) is 0.286. The summed E-state index contributed by atoms with van der Waals surface area (Å²) >= 11 is 0. The molecule has 0 bridgehead atoms. The van der Waals surface area contributed by atoms with Gasteiger partial charge in [-0.15, -0.1) is 0 Å². The van der Waals surface area contributed by atoms with Crippen molar-refractivity contribution in [1.29, 1.82) is 0 Å². The van der Waals surface area contributed by atoms with Crippen molar-refractivity contribution in [1.82, 2.24) is 0 Å². The maximum atomic E-state index is 11.7. The molecule has 0 aliphatic carbocycles. The van der Waals surface area contributed by atoms with Crippen LogP contribution in [0, 0.1) is 0 Å². The highest BCUT2D eigenvalue weighted by Crippen LogP contribution is 2.50. The summed E-state index contributed by atoms with van der Waals surface area (Å²) < 4.78 is 26.2. The molecule has 0 fully saturated rings. The zero-order chi connectivity index (χ0) is 15.6. The number of fused-ring (bicyclic) bond motifs is 1. The molecule has 112 valence electrons. The van der Waals surface area contributed by atoms with Gasteiger partial charge in [0.05, 0.1) is 33.8 Å². The minimum absolute atomic E-state index is 0.114. The predicted molar refractivity (Wildman–Crippen MR) is 74.1 cm³/mol.